The summed E-state index contributed by atoms with van der Waals surface area (Å²) in [5.74, 6) is 0.737. The van der Waals surface area contributed by atoms with Crippen molar-refractivity contribution < 1.29 is 4.79 Å². The Hall–Kier alpha value is -3.90. The summed E-state index contributed by atoms with van der Waals surface area (Å²) < 4.78 is 1.87. The van der Waals surface area contributed by atoms with Crippen molar-refractivity contribution in [2.45, 2.75) is 12.1 Å². The van der Waals surface area contributed by atoms with Crippen LogP contribution in [0.5, 0.6) is 0 Å². The number of nitrogens with zero attached hydrogens (tertiary/aromatic N) is 2. The Balaban J connectivity index is 1.50. The van der Waals surface area contributed by atoms with E-state index in [0.29, 0.717) is 5.69 Å². The highest BCUT2D eigenvalue weighted by molar-refractivity contribution is 5.95. The Labute approximate surface area is 187 Å². The first-order valence-corrected chi connectivity index (χ1v) is 10.8. The van der Waals surface area contributed by atoms with Gasteiger partial charge in [-0.2, -0.15) is 5.10 Å². The van der Waals surface area contributed by atoms with Gasteiger partial charge in [0.1, 0.15) is 11.5 Å². The van der Waals surface area contributed by atoms with Crippen LogP contribution in [0.1, 0.15) is 16.7 Å². The molecule has 1 amide bonds. The van der Waals surface area contributed by atoms with Crippen molar-refractivity contribution >= 4 is 17.4 Å². The van der Waals surface area contributed by atoms with Gasteiger partial charge in [0.05, 0.1) is 24.8 Å². The van der Waals surface area contributed by atoms with Crippen LogP contribution in [0.25, 0.3) is 0 Å². The lowest BCUT2D eigenvalue weighted by atomic mass is 9.77. The molecule has 0 bridgehead atoms. The molecule has 1 aromatic heterocycles. The summed E-state index contributed by atoms with van der Waals surface area (Å²) in [5.41, 5.74) is 3.23. The van der Waals surface area contributed by atoms with Gasteiger partial charge in [0.2, 0.25) is 5.91 Å². The van der Waals surface area contributed by atoms with Crippen LogP contribution in [-0.2, 0) is 16.9 Å². The van der Waals surface area contributed by atoms with Gasteiger partial charge < -0.3 is 10.6 Å². The summed E-state index contributed by atoms with van der Waals surface area (Å²) >= 11 is 0. The zero-order valence-electron chi connectivity index (χ0n) is 17.7. The van der Waals surface area contributed by atoms with Crippen molar-refractivity contribution in [3.63, 3.8) is 0 Å². The van der Waals surface area contributed by atoms with Crippen LogP contribution in [0.2, 0.25) is 0 Å². The van der Waals surface area contributed by atoms with E-state index in [1.807, 2.05) is 59.3 Å². The molecule has 0 aliphatic carbocycles. The summed E-state index contributed by atoms with van der Waals surface area (Å²) in [5, 5.41) is 14.2. The van der Waals surface area contributed by atoms with E-state index in [1.165, 1.54) is 0 Å². The quantitative estimate of drug-likeness (QED) is 0.395. The van der Waals surface area contributed by atoms with Gasteiger partial charge in [-0.25, -0.2) is 4.68 Å². The summed E-state index contributed by atoms with van der Waals surface area (Å²) in [6.45, 7) is 1.76. The average Bonchev–Trinajstić information content (AvgIpc) is 3.47. The van der Waals surface area contributed by atoms with Crippen molar-refractivity contribution in [3.8, 4) is 0 Å². The van der Waals surface area contributed by atoms with Crippen molar-refractivity contribution in [2.75, 3.05) is 23.7 Å². The Morgan fingerprint density at radius 3 is 1.94 bits per heavy atom. The molecule has 6 heteroatoms. The molecule has 1 aliphatic rings. The fourth-order valence-corrected chi connectivity index (χ4v) is 4.39. The molecule has 0 saturated carbocycles. The highest BCUT2D eigenvalue weighted by Gasteiger charge is 2.36. The second-order valence-electron chi connectivity index (χ2n) is 7.81. The second-order valence-corrected chi connectivity index (χ2v) is 7.81. The van der Waals surface area contributed by atoms with Crippen molar-refractivity contribution in [3.05, 3.63) is 114 Å². The van der Waals surface area contributed by atoms with Crippen LogP contribution in [0, 0.1) is 0 Å². The highest BCUT2D eigenvalue weighted by Crippen LogP contribution is 2.36. The van der Waals surface area contributed by atoms with Crippen molar-refractivity contribution in [2.24, 2.45) is 0 Å². The van der Waals surface area contributed by atoms with E-state index >= 15 is 0 Å². The van der Waals surface area contributed by atoms with Crippen LogP contribution in [-0.4, -0.2) is 28.8 Å². The van der Waals surface area contributed by atoms with Gasteiger partial charge in [-0.15, -0.1) is 0 Å². The molecule has 3 N–H and O–H groups in total. The molecule has 5 rings (SSSR count). The van der Waals surface area contributed by atoms with Crippen LogP contribution in [0.4, 0.5) is 11.5 Å². The summed E-state index contributed by atoms with van der Waals surface area (Å²) in [7, 11) is 0. The molecule has 6 nitrogen and oxygen atoms in total. The van der Waals surface area contributed by atoms with E-state index in [9.17, 15) is 4.79 Å². The maximum absolute atomic E-state index is 13.0. The number of amides is 1. The fourth-order valence-electron chi connectivity index (χ4n) is 4.39. The normalized spacial score (nSPS) is 12.8. The summed E-state index contributed by atoms with van der Waals surface area (Å²) in [6, 6.07) is 30.8. The maximum Gasteiger partial charge on any atom is 0.238 e. The molecule has 2 heterocycles. The molecule has 0 spiro atoms. The van der Waals surface area contributed by atoms with Gasteiger partial charge in [0.15, 0.2) is 0 Å². The van der Waals surface area contributed by atoms with Crippen LogP contribution < -0.4 is 16.0 Å². The lowest BCUT2D eigenvalue weighted by Crippen LogP contribution is -2.47. The maximum atomic E-state index is 13.0. The third-order valence-electron chi connectivity index (χ3n) is 5.86. The monoisotopic (exact) mass is 423 g/mol. The number of anilines is 2. The molecule has 160 valence electrons. The third-order valence-corrected chi connectivity index (χ3v) is 5.86. The minimum absolute atomic E-state index is 0.123. The molecule has 4 aromatic rings. The predicted octanol–water partition coefficient (Wildman–Crippen LogP) is 3.83. The first kappa shape index (κ1) is 20.0. The van der Waals surface area contributed by atoms with Gasteiger partial charge in [-0.05, 0) is 16.7 Å². The molecule has 0 atom stereocenters. The molecule has 0 fully saturated rings. The molecule has 0 radical (unpaired) electrons. The number of hydrogen-bond acceptors (Lipinski definition) is 4. The minimum Gasteiger partial charge on any atom is -0.367 e. The van der Waals surface area contributed by atoms with E-state index in [-0.39, 0.29) is 12.5 Å². The Kier molecular flexibility index (Phi) is 5.44. The number of nitrogens with one attached hydrogen (secondary N) is 3. The summed E-state index contributed by atoms with van der Waals surface area (Å²) in [6.07, 6.45) is 1.69. The zero-order chi connectivity index (χ0) is 21.8. The van der Waals surface area contributed by atoms with Gasteiger partial charge in [-0.1, -0.05) is 91.0 Å². The first-order chi connectivity index (χ1) is 15.8. The van der Waals surface area contributed by atoms with Crippen LogP contribution in [0.3, 0.4) is 0 Å². The second kappa shape index (κ2) is 8.69. The lowest BCUT2D eigenvalue weighted by molar-refractivity contribution is -0.115. The van der Waals surface area contributed by atoms with E-state index < -0.39 is 5.54 Å². The number of aromatic nitrogens is 2. The number of carbonyl (C=O) groups is 1. The van der Waals surface area contributed by atoms with E-state index in [4.69, 9.17) is 0 Å². The van der Waals surface area contributed by atoms with E-state index in [2.05, 4.69) is 57.4 Å². The van der Waals surface area contributed by atoms with E-state index in [0.717, 1.165) is 35.6 Å². The molecule has 3 aromatic carbocycles. The van der Waals surface area contributed by atoms with Gasteiger partial charge in [0, 0.05) is 6.54 Å². The van der Waals surface area contributed by atoms with Crippen LogP contribution >= 0.6 is 0 Å². The smallest absolute Gasteiger partial charge is 0.238 e. The first-order valence-electron chi connectivity index (χ1n) is 10.8. The zero-order valence-corrected chi connectivity index (χ0v) is 17.7. The van der Waals surface area contributed by atoms with Gasteiger partial charge >= 0.3 is 0 Å². The lowest BCUT2D eigenvalue weighted by Gasteiger charge is -2.37. The molecule has 0 saturated heterocycles. The highest BCUT2D eigenvalue weighted by atomic mass is 16.1. The minimum atomic E-state index is -0.680. The molecule has 0 unspecified atom stereocenters. The Morgan fingerprint density at radius 1 is 0.875 bits per heavy atom. The van der Waals surface area contributed by atoms with Gasteiger partial charge in [0.25, 0.3) is 0 Å². The largest absolute Gasteiger partial charge is 0.367 e. The predicted molar refractivity (Wildman–Crippen MR) is 127 cm³/mol. The van der Waals surface area contributed by atoms with Crippen molar-refractivity contribution in [1.29, 1.82) is 0 Å². The third kappa shape index (κ3) is 3.65. The van der Waals surface area contributed by atoms with Crippen LogP contribution in [0.15, 0.2) is 97.2 Å². The van der Waals surface area contributed by atoms with Gasteiger partial charge in [-0.3, -0.25) is 10.1 Å². The number of benzene rings is 3. The van der Waals surface area contributed by atoms with E-state index in [1.54, 1.807) is 6.20 Å². The molecular formula is C26H25N5O. The standard InChI is InChI=1S/C26H25N5O/c32-24(30-23-18-29-31-17-16-27-25(23)31)19-28-26(20-10-4-1-5-11-20,21-12-6-2-7-13-21)22-14-8-3-9-15-22/h1-15,18,27-28H,16-17,19H2,(H,30,32). The molecular weight excluding hydrogens is 398 g/mol. The number of hydrogen-bond donors (Lipinski definition) is 3. The Bertz CT molecular complexity index is 1090. The number of rotatable bonds is 7. The molecule has 1 aliphatic heterocycles. The number of carbonyl (C=O) groups excluding carboxylic acids is 1. The molecule has 32 heavy (non-hydrogen) atoms. The summed E-state index contributed by atoms with van der Waals surface area (Å²) in [4.78, 5) is 13.0. The topological polar surface area (TPSA) is 71.0 Å². The SMILES string of the molecule is O=C(CNC(c1ccccc1)(c1ccccc1)c1ccccc1)Nc1cnn2c1NCC2. The van der Waals surface area contributed by atoms with Crippen molar-refractivity contribution in [1.82, 2.24) is 15.1 Å². The Morgan fingerprint density at radius 2 is 1.41 bits per heavy atom. The fraction of sp³-hybridized carbons (Fsp3) is 0.154. The average molecular weight is 424 g/mol. The number of fused-ring (bicyclic) bond motifs is 1.